The molecule has 0 aromatic carbocycles. The lowest BCUT2D eigenvalue weighted by Gasteiger charge is -2.13. The third-order valence-electron chi connectivity index (χ3n) is 4.81. The molecular weight excluding hydrogens is 380 g/mol. The monoisotopic (exact) mass is 412 g/mol. The highest BCUT2D eigenvalue weighted by molar-refractivity contribution is 6.04. The Labute approximate surface area is 178 Å². The van der Waals surface area contributed by atoms with Gasteiger partial charge in [0.15, 0.2) is 5.82 Å². The Bertz CT molecular complexity index is 885. The van der Waals surface area contributed by atoms with Gasteiger partial charge in [-0.3, -0.25) is 4.99 Å². The number of nitrogens with two attached hydrogens (primary N) is 1. The molecule has 0 radical (unpaired) electrons. The lowest BCUT2D eigenvalue weighted by molar-refractivity contribution is -0.0979. The van der Waals surface area contributed by atoms with Crippen LogP contribution in [0.15, 0.2) is 47.4 Å². The summed E-state index contributed by atoms with van der Waals surface area (Å²) in [6.45, 7) is 6.54. The van der Waals surface area contributed by atoms with Gasteiger partial charge in [-0.2, -0.15) is 0 Å². The van der Waals surface area contributed by atoms with Crippen LogP contribution in [0.4, 0.5) is 5.82 Å². The van der Waals surface area contributed by atoms with Gasteiger partial charge in [0.25, 0.3) is 0 Å². The number of methoxy groups -OCH3 is 1. The minimum atomic E-state index is 0.319. The summed E-state index contributed by atoms with van der Waals surface area (Å²) in [6.07, 6.45) is 13.8. The van der Waals surface area contributed by atoms with E-state index in [-0.39, 0.29) is 0 Å². The van der Waals surface area contributed by atoms with E-state index in [9.17, 15) is 0 Å². The quantitative estimate of drug-likeness (QED) is 0.780. The zero-order chi connectivity index (χ0) is 21.9. The van der Waals surface area contributed by atoms with Crippen molar-refractivity contribution in [2.24, 2.45) is 17.8 Å². The fraction of sp³-hybridized carbons (Fsp3) is 0.409. The number of anilines is 1. The first-order chi connectivity index (χ1) is 14.6. The molecule has 2 N–H and O–H groups in total. The molecule has 1 fully saturated rings. The van der Waals surface area contributed by atoms with Gasteiger partial charge in [-0.1, -0.05) is 12.2 Å². The van der Waals surface area contributed by atoms with Crippen molar-refractivity contribution >= 4 is 24.5 Å². The number of carbonyl (C=O) groups excluding carboxylic acids is 1. The number of hydrogen-bond acceptors (Lipinski definition) is 6. The molecule has 162 valence electrons. The summed E-state index contributed by atoms with van der Waals surface area (Å²) in [7, 11) is 3.60. The maximum atomic E-state index is 8.00. The molecule has 4 rings (SSSR count). The average Bonchev–Trinajstić information content (AvgIpc) is 3.50. The molecule has 0 aliphatic carbocycles. The Balaban J connectivity index is 0.000000481. The first kappa shape index (κ1) is 23.3. The normalized spacial score (nSPS) is 15.4. The lowest BCUT2D eigenvalue weighted by Crippen LogP contribution is -2.18. The number of aliphatic imine (C=N–C) groups is 1. The van der Waals surface area contributed by atoms with Crippen LogP contribution in [0.1, 0.15) is 26.2 Å². The van der Waals surface area contributed by atoms with Crippen LogP contribution < -0.4 is 10.6 Å². The second-order valence-electron chi connectivity index (χ2n) is 6.98. The van der Waals surface area contributed by atoms with Gasteiger partial charge >= 0.3 is 0 Å². The molecular formula is C22H32N6O2. The highest BCUT2D eigenvalue weighted by atomic mass is 16.5. The molecule has 0 bridgehead atoms. The topological polar surface area (TPSA) is 90.7 Å². The van der Waals surface area contributed by atoms with Gasteiger partial charge in [0.1, 0.15) is 6.79 Å². The van der Waals surface area contributed by atoms with Gasteiger partial charge in [0, 0.05) is 57.0 Å². The molecule has 2 aromatic rings. The maximum Gasteiger partial charge on any atom is 0.151 e. The molecule has 30 heavy (non-hydrogen) atoms. The van der Waals surface area contributed by atoms with Crippen molar-refractivity contribution in [2.45, 2.75) is 26.2 Å². The van der Waals surface area contributed by atoms with Crippen molar-refractivity contribution < 1.29 is 9.53 Å². The summed E-state index contributed by atoms with van der Waals surface area (Å²) in [4.78, 5) is 14.9. The Morgan fingerprint density at radius 1 is 1.23 bits per heavy atom. The van der Waals surface area contributed by atoms with Gasteiger partial charge in [0.05, 0.1) is 24.3 Å². The average molecular weight is 413 g/mol. The molecule has 8 nitrogen and oxygen atoms in total. The van der Waals surface area contributed by atoms with Gasteiger partial charge in [-0.15, -0.1) is 5.10 Å². The molecule has 2 aliphatic heterocycles. The number of carbonyl (C=O) groups is 1. The highest BCUT2D eigenvalue weighted by Gasteiger charge is 2.20. The molecule has 2 aromatic heterocycles. The molecule has 2 aliphatic rings. The predicted molar refractivity (Wildman–Crippen MR) is 122 cm³/mol. The summed E-state index contributed by atoms with van der Waals surface area (Å²) in [6, 6.07) is 4.35. The van der Waals surface area contributed by atoms with E-state index in [1.54, 1.807) is 7.11 Å². The maximum absolute atomic E-state index is 8.00. The van der Waals surface area contributed by atoms with Gasteiger partial charge in [-0.25, -0.2) is 4.68 Å². The van der Waals surface area contributed by atoms with Gasteiger partial charge in [0.2, 0.25) is 0 Å². The van der Waals surface area contributed by atoms with Crippen molar-refractivity contribution in [3.63, 3.8) is 0 Å². The fourth-order valence-electron chi connectivity index (χ4n) is 3.29. The first-order valence-corrected chi connectivity index (χ1v) is 9.99. The standard InChI is InChI=1S/C19H23N5.C2H7NO.CH2O/c1-15-6-5-7-17(13-20-15)24-18(16-8-11-22(2)14-16)12-19(21-24)23-9-3-4-10-23;1-4-2-3;1-2/h6-8,11-14H,3-5,9-10H2,1-2H3;2-3H2,1H3;1H2. The zero-order valence-corrected chi connectivity index (χ0v) is 18.1. The molecule has 0 atom stereocenters. The number of hydrogen-bond donors (Lipinski definition) is 1. The smallest absolute Gasteiger partial charge is 0.151 e. The third kappa shape index (κ3) is 6.01. The Morgan fingerprint density at radius 3 is 2.53 bits per heavy atom. The largest absolute Gasteiger partial charge is 0.370 e. The molecule has 0 amide bonds. The first-order valence-electron chi connectivity index (χ1n) is 9.99. The van der Waals surface area contributed by atoms with E-state index in [1.807, 2.05) is 31.7 Å². The van der Waals surface area contributed by atoms with E-state index < -0.39 is 0 Å². The number of nitrogens with zero attached hydrogens (tertiary/aromatic N) is 5. The molecule has 0 saturated carbocycles. The van der Waals surface area contributed by atoms with Crippen molar-refractivity contribution in [1.82, 2.24) is 14.3 Å². The van der Waals surface area contributed by atoms with Crippen molar-refractivity contribution in [3.05, 3.63) is 42.4 Å². The van der Waals surface area contributed by atoms with Gasteiger partial charge in [-0.05, 0) is 32.3 Å². The third-order valence-corrected chi connectivity index (χ3v) is 4.81. The lowest BCUT2D eigenvalue weighted by atomic mass is 10.2. The van der Waals surface area contributed by atoms with E-state index in [2.05, 4.69) is 55.9 Å². The minimum absolute atomic E-state index is 0.319. The molecule has 8 heteroatoms. The van der Waals surface area contributed by atoms with Crippen molar-refractivity contribution in [1.29, 1.82) is 0 Å². The Kier molecular flexibility index (Phi) is 9.24. The van der Waals surface area contributed by atoms with Crippen LogP contribution in [0.25, 0.3) is 17.0 Å². The van der Waals surface area contributed by atoms with E-state index in [0.717, 1.165) is 42.4 Å². The van der Waals surface area contributed by atoms with Crippen molar-refractivity contribution in [3.8, 4) is 11.3 Å². The second kappa shape index (κ2) is 11.9. The molecule has 4 heterocycles. The summed E-state index contributed by atoms with van der Waals surface area (Å²) in [5, 5.41) is 4.92. The minimum Gasteiger partial charge on any atom is -0.370 e. The molecule has 0 spiro atoms. The SMILES string of the molecule is C=O.CC1=CCC=C(n2nc(N3CCCC3)cc2-c2ccn(C)c2)C=N1.COCN. The van der Waals surface area contributed by atoms with E-state index in [0.29, 0.717) is 6.73 Å². The van der Waals surface area contributed by atoms with Crippen molar-refractivity contribution in [2.75, 3.05) is 31.8 Å². The number of aromatic nitrogens is 3. The summed E-state index contributed by atoms with van der Waals surface area (Å²) in [5.74, 6) is 1.06. The van der Waals surface area contributed by atoms with Crippen LogP contribution in [-0.2, 0) is 16.6 Å². The summed E-state index contributed by atoms with van der Waals surface area (Å²) >= 11 is 0. The number of aryl methyl sites for hydroxylation is 1. The number of ether oxygens (including phenoxy) is 1. The highest BCUT2D eigenvalue weighted by Crippen LogP contribution is 2.29. The van der Waals surface area contributed by atoms with E-state index >= 15 is 0 Å². The summed E-state index contributed by atoms with van der Waals surface area (Å²) < 4.78 is 8.43. The molecule has 1 saturated heterocycles. The Hall–Kier alpha value is -2.97. The van der Waals surface area contributed by atoms with Crippen LogP contribution >= 0.6 is 0 Å². The van der Waals surface area contributed by atoms with Crippen LogP contribution in [-0.4, -0.2) is 54.3 Å². The Morgan fingerprint density at radius 2 is 1.93 bits per heavy atom. The van der Waals surface area contributed by atoms with Gasteiger partial charge < -0.3 is 24.7 Å². The predicted octanol–water partition coefficient (Wildman–Crippen LogP) is 3.07. The number of rotatable bonds is 4. The second-order valence-corrected chi connectivity index (χ2v) is 6.98. The zero-order valence-electron chi connectivity index (χ0n) is 18.1. The van der Waals surface area contributed by atoms with E-state index in [1.165, 1.54) is 18.4 Å². The molecule has 0 unspecified atom stereocenters. The van der Waals surface area contributed by atoms with E-state index in [4.69, 9.17) is 15.6 Å². The van der Waals surface area contributed by atoms with Crippen LogP contribution in [0.2, 0.25) is 0 Å². The fourth-order valence-corrected chi connectivity index (χ4v) is 3.29. The van der Waals surface area contributed by atoms with Crippen LogP contribution in [0.5, 0.6) is 0 Å². The summed E-state index contributed by atoms with van der Waals surface area (Å²) in [5.41, 5.74) is 9.19. The number of allylic oxidation sites excluding steroid dienone is 4. The van der Waals surface area contributed by atoms with Crippen LogP contribution in [0, 0.1) is 0 Å². The van der Waals surface area contributed by atoms with Crippen LogP contribution in [0.3, 0.4) is 0 Å².